The van der Waals surface area contributed by atoms with Crippen LogP contribution in [0.25, 0.3) is 10.8 Å². The lowest BCUT2D eigenvalue weighted by molar-refractivity contribution is 0.403. The van der Waals surface area contributed by atoms with Gasteiger partial charge in [-0.05, 0) is 59.0 Å². The van der Waals surface area contributed by atoms with Crippen LogP contribution in [0, 0.1) is 0 Å². The summed E-state index contributed by atoms with van der Waals surface area (Å²) in [7, 11) is 0. The van der Waals surface area contributed by atoms with Gasteiger partial charge in [-0.25, -0.2) is 0 Å². The van der Waals surface area contributed by atoms with E-state index in [0.29, 0.717) is 34.7 Å². The molecule has 4 aromatic rings. The molecule has 30 heavy (non-hydrogen) atoms. The molecule has 0 amide bonds. The van der Waals surface area contributed by atoms with Gasteiger partial charge >= 0.3 is 0 Å². The highest BCUT2D eigenvalue weighted by Crippen LogP contribution is 2.39. The quantitative estimate of drug-likeness (QED) is 0.283. The van der Waals surface area contributed by atoms with Crippen LogP contribution < -0.4 is 0 Å². The first-order chi connectivity index (χ1) is 14.3. The number of fused-ring (bicyclic) bond motifs is 1. The van der Waals surface area contributed by atoms with Crippen molar-refractivity contribution in [1.29, 1.82) is 0 Å². The molecule has 6 nitrogen and oxygen atoms in total. The summed E-state index contributed by atoms with van der Waals surface area (Å²) in [6, 6.07) is 15.7. The van der Waals surface area contributed by atoms with Gasteiger partial charge in [-0.2, -0.15) is 0 Å². The second kappa shape index (κ2) is 7.40. The molecule has 0 fully saturated rings. The van der Waals surface area contributed by atoms with Gasteiger partial charge in [0.25, 0.3) is 0 Å². The number of hydrogen-bond donors (Lipinski definition) is 6. The number of rotatable bonds is 4. The maximum atomic E-state index is 11.0. The monoisotopic (exact) mass is 404 g/mol. The Kier molecular flexibility index (Phi) is 4.75. The molecule has 4 aromatic carbocycles. The molecule has 4 rings (SSSR count). The van der Waals surface area contributed by atoms with Crippen LogP contribution in [-0.2, 0) is 12.8 Å². The maximum Gasteiger partial charge on any atom is 0.157 e. The highest BCUT2D eigenvalue weighted by Gasteiger charge is 2.15. The zero-order chi connectivity index (χ0) is 21.4. The molecular weight excluding hydrogens is 384 g/mol. The lowest BCUT2D eigenvalue weighted by Crippen LogP contribution is -1.95. The van der Waals surface area contributed by atoms with E-state index >= 15 is 0 Å². The van der Waals surface area contributed by atoms with Crippen LogP contribution in [0.5, 0.6) is 34.5 Å². The summed E-state index contributed by atoms with van der Waals surface area (Å²) in [5.41, 5.74) is 2.75. The first kappa shape index (κ1) is 19.3. The van der Waals surface area contributed by atoms with Gasteiger partial charge in [-0.15, -0.1) is 0 Å². The third-order valence-corrected chi connectivity index (χ3v) is 5.17. The SMILES string of the molecule is Oc1ccc(Cc2ccc3c(O)ccc(Cc4ccc(O)c(O)c4)c3c2O)cc1O. The molecule has 0 heterocycles. The minimum Gasteiger partial charge on any atom is -0.507 e. The van der Waals surface area contributed by atoms with Crippen molar-refractivity contribution in [2.24, 2.45) is 0 Å². The van der Waals surface area contributed by atoms with Crippen molar-refractivity contribution in [3.63, 3.8) is 0 Å². The smallest absolute Gasteiger partial charge is 0.157 e. The molecule has 0 unspecified atom stereocenters. The number of aromatic hydroxyl groups is 6. The summed E-state index contributed by atoms with van der Waals surface area (Å²) < 4.78 is 0. The van der Waals surface area contributed by atoms with E-state index in [9.17, 15) is 30.6 Å². The van der Waals surface area contributed by atoms with Gasteiger partial charge in [-0.3, -0.25) is 0 Å². The van der Waals surface area contributed by atoms with Gasteiger partial charge in [-0.1, -0.05) is 30.3 Å². The molecule has 0 radical (unpaired) electrons. The fraction of sp³-hybridized carbons (Fsp3) is 0.0833. The van der Waals surface area contributed by atoms with Crippen LogP contribution in [0.15, 0.2) is 60.7 Å². The van der Waals surface area contributed by atoms with Crippen LogP contribution in [0.3, 0.4) is 0 Å². The molecule has 0 saturated carbocycles. The number of benzene rings is 4. The first-order valence-electron chi connectivity index (χ1n) is 9.30. The predicted molar refractivity (Wildman–Crippen MR) is 112 cm³/mol. The molecule has 0 saturated heterocycles. The largest absolute Gasteiger partial charge is 0.507 e. The third kappa shape index (κ3) is 3.51. The minimum atomic E-state index is -0.238. The Morgan fingerprint density at radius 1 is 0.467 bits per heavy atom. The van der Waals surface area contributed by atoms with Gasteiger partial charge in [0.05, 0.1) is 0 Å². The normalized spacial score (nSPS) is 11.1. The van der Waals surface area contributed by atoms with Crippen molar-refractivity contribution in [2.45, 2.75) is 12.8 Å². The van der Waals surface area contributed by atoms with Crippen molar-refractivity contribution >= 4 is 10.8 Å². The molecule has 0 bridgehead atoms. The Morgan fingerprint density at radius 2 is 0.967 bits per heavy atom. The van der Waals surface area contributed by atoms with Crippen molar-refractivity contribution in [2.75, 3.05) is 0 Å². The molecule has 152 valence electrons. The molecular formula is C24H20O6. The van der Waals surface area contributed by atoms with Crippen LogP contribution in [0.2, 0.25) is 0 Å². The Labute approximate surface area is 172 Å². The lowest BCUT2D eigenvalue weighted by atomic mass is 9.93. The van der Waals surface area contributed by atoms with Crippen LogP contribution in [0.1, 0.15) is 22.3 Å². The van der Waals surface area contributed by atoms with Crippen LogP contribution >= 0.6 is 0 Å². The summed E-state index contributed by atoms with van der Waals surface area (Å²) in [4.78, 5) is 0. The zero-order valence-corrected chi connectivity index (χ0v) is 15.9. The summed E-state index contributed by atoms with van der Waals surface area (Å²) >= 11 is 0. The summed E-state index contributed by atoms with van der Waals surface area (Å²) in [6.07, 6.45) is 0.673. The Bertz CT molecular complexity index is 1260. The van der Waals surface area contributed by atoms with E-state index in [-0.39, 0.29) is 34.5 Å². The second-order valence-electron chi connectivity index (χ2n) is 7.24. The standard InChI is InChI=1S/C24H20O6/c25-18-8-4-15(9-13-1-6-19(26)21(28)11-13)23-17(18)5-3-16(24(23)30)10-14-2-7-20(27)22(29)12-14/h1-8,11-12,25-30H,9-10H2. The number of hydrogen-bond acceptors (Lipinski definition) is 6. The predicted octanol–water partition coefficient (Wildman–Crippen LogP) is 4.26. The van der Waals surface area contributed by atoms with Crippen molar-refractivity contribution < 1.29 is 30.6 Å². The van der Waals surface area contributed by atoms with E-state index in [1.807, 2.05) is 0 Å². The van der Waals surface area contributed by atoms with Crippen molar-refractivity contribution in [3.8, 4) is 34.5 Å². The van der Waals surface area contributed by atoms with Crippen LogP contribution in [0.4, 0.5) is 0 Å². The maximum absolute atomic E-state index is 11.0. The molecule has 0 aliphatic heterocycles. The van der Waals surface area contributed by atoms with Crippen LogP contribution in [-0.4, -0.2) is 30.6 Å². The summed E-state index contributed by atoms with van der Waals surface area (Å²) in [5, 5.41) is 60.7. The van der Waals surface area contributed by atoms with Crippen molar-refractivity contribution in [3.05, 3.63) is 82.9 Å². The van der Waals surface area contributed by atoms with E-state index < -0.39 is 0 Å². The molecule has 6 heteroatoms. The fourth-order valence-corrected chi connectivity index (χ4v) is 3.61. The number of phenols is 6. The van der Waals surface area contributed by atoms with Gasteiger partial charge in [0.15, 0.2) is 23.0 Å². The van der Waals surface area contributed by atoms with Gasteiger partial charge in [0.2, 0.25) is 0 Å². The molecule has 0 aliphatic carbocycles. The van der Waals surface area contributed by atoms with Gasteiger partial charge in [0, 0.05) is 17.2 Å². The number of phenolic OH excluding ortho intramolecular Hbond substituents is 6. The fourth-order valence-electron chi connectivity index (χ4n) is 3.61. The van der Waals surface area contributed by atoms with E-state index in [0.717, 1.165) is 11.1 Å². The molecule has 0 spiro atoms. The molecule has 6 N–H and O–H groups in total. The Balaban J connectivity index is 1.79. The van der Waals surface area contributed by atoms with Gasteiger partial charge < -0.3 is 30.6 Å². The first-order valence-corrected chi connectivity index (χ1v) is 9.30. The van der Waals surface area contributed by atoms with E-state index in [1.165, 1.54) is 24.3 Å². The summed E-state index contributed by atoms with van der Waals surface area (Å²) in [6.45, 7) is 0. The highest BCUT2D eigenvalue weighted by molar-refractivity contribution is 5.96. The minimum absolute atomic E-state index is 0.00830. The van der Waals surface area contributed by atoms with Crippen molar-refractivity contribution in [1.82, 2.24) is 0 Å². The topological polar surface area (TPSA) is 121 Å². The highest BCUT2D eigenvalue weighted by atomic mass is 16.3. The Hall–Kier alpha value is -4.06. The van der Waals surface area contributed by atoms with E-state index in [2.05, 4.69) is 0 Å². The average molecular weight is 404 g/mol. The molecule has 0 aromatic heterocycles. The van der Waals surface area contributed by atoms with E-state index in [1.54, 1.807) is 36.4 Å². The zero-order valence-electron chi connectivity index (χ0n) is 15.9. The Morgan fingerprint density at radius 3 is 1.53 bits per heavy atom. The third-order valence-electron chi connectivity index (χ3n) is 5.17. The van der Waals surface area contributed by atoms with Gasteiger partial charge in [0.1, 0.15) is 11.5 Å². The average Bonchev–Trinajstić information content (AvgIpc) is 2.71. The summed E-state index contributed by atoms with van der Waals surface area (Å²) in [5.74, 6) is -0.853. The lowest BCUT2D eigenvalue weighted by Gasteiger charge is -2.14. The molecule has 0 atom stereocenters. The van der Waals surface area contributed by atoms with E-state index in [4.69, 9.17) is 0 Å². The second-order valence-corrected chi connectivity index (χ2v) is 7.24. The molecule has 0 aliphatic rings.